The average molecular weight is 641 g/mol. The lowest BCUT2D eigenvalue weighted by Crippen LogP contribution is -2.51. The molecule has 248 valence electrons. The van der Waals surface area contributed by atoms with E-state index < -0.39 is 29.7 Å². The maximum absolute atomic E-state index is 14.7. The van der Waals surface area contributed by atoms with Crippen LogP contribution in [0.4, 0.5) is 4.79 Å². The second-order valence-corrected chi connectivity index (χ2v) is 12.8. The fourth-order valence-corrected chi connectivity index (χ4v) is 5.54. The van der Waals surface area contributed by atoms with E-state index in [1.54, 1.807) is 44.9 Å². The molecule has 1 unspecified atom stereocenters. The van der Waals surface area contributed by atoms with Gasteiger partial charge in [-0.15, -0.1) is 0 Å². The Morgan fingerprint density at radius 2 is 1.70 bits per heavy atom. The van der Waals surface area contributed by atoms with Gasteiger partial charge in [0.2, 0.25) is 5.91 Å². The number of nitrogens with one attached hydrogen (secondary N) is 2. The SMILES string of the molecule is COc1c(C)cc(CN(C(=O)C(Cc2cccc(C)c2C)NC(=O)OC(C)(C)C)[C@@H](C)c2ncc(-c3ccccc3)[nH]2)cc1C(=O)O. The Morgan fingerprint density at radius 1 is 1.00 bits per heavy atom. The van der Waals surface area contributed by atoms with Crippen molar-refractivity contribution in [3.63, 3.8) is 0 Å². The van der Waals surface area contributed by atoms with E-state index in [4.69, 9.17) is 9.47 Å². The standard InChI is InChI=1S/C37H44N4O6/c1-22-13-12-16-28(24(22)3)19-30(40-36(45)47-37(5,6)7)34(42)41(21-26-17-23(2)32(46-8)29(18-26)35(43)44)25(4)33-38-20-31(39-33)27-14-10-9-11-15-27/h9-18,20,25,30H,19,21H2,1-8H3,(H,38,39)(H,40,45)(H,43,44)/t25-,30?/m0/s1. The van der Waals surface area contributed by atoms with Gasteiger partial charge in [0.15, 0.2) is 0 Å². The number of methoxy groups -OCH3 is 1. The van der Waals surface area contributed by atoms with Crippen molar-refractivity contribution in [3.05, 3.63) is 106 Å². The number of hydrogen-bond donors (Lipinski definition) is 3. The molecule has 1 heterocycles. The van der Waals surface area contributed by atoms with Gasteiger partial charge in [0.1, 0.15) is 28.8 Å². The summed E-state index contributed by atoms with van der Waals surface area (Å²) in [6.07, 6.45) is 1.22. The van der Waals surface area contributed by atoms with Crippen LogP contribution in [0.25, 0.3) is 11.3 Å². The first-order valence-corrected chi connectivity index (χ1v) is 15.5. The summed E-state index contributed by atoms with van der Waals surface area (Å²) >= 11 is 0. The first-order chi connectivity index (χ1) is 22.2. The minimum atomic E-state index is -1.14. The average Bonchev–Trinajstić information content (AvgIpc) is 3.51. The largest absolute Gasteiger partial charge is 0.496 e. The molecule has 10 heteroatoms. The molecule has 47 heavy (non-hydrogen) atoms. The number of aromatic nitrogens is 2. The predicted molar refractivity (Wildman–Crippen MR) is 180 cm³/mol. The molecule has 0 aliphatic rings. The number of carbonyl (C=O) groups excluding carboxylic acids is 2. The molecule has 4 rings (SSSR count). The highest BCUT2D eigenvalue weighted by Crippen LogP contribution is 2.30. The van der Waals surface area contributed by atoms with Gasteiger partial charge >= 0.3 is 12.1 Å². The topological polar surface area (TPSA) is 134 Å². The molecule has 0 saturated heterocycles. The van der Waals surface area contributed by atoms with Crippen molar-refractivity contribution in [2.75, 3.05) is 7.11 Å². The Hall–Kier alpha value is -5.12. The monoisotopic (exact) mass is 640 g/mol. The lowest BCUT2D eigenvalue weighted by atomic mass is 9.96. The summed E-state index contributed by atoms with van der Waals surface area (Å²) in [5.74, 6) is -0.739. The van der Waals surface area contributed by atoms with Crippen molar-refractivity contribution in [3.8, 4) is 17.0 Å². The molecular formula is C37H44N4O6. The lowest BCUT2D eigenvalue weighted by molar-refractivity contribution is -0.136. The molecule has 4 aromatic rings. The van der Waals surface area contributed by atoms with Crippen LogP contribution in [0.3, 0.4) is 0 Å². The summed E-state index contributed by atoms with van der Waals surface area (Å²) in [7, 11) is 1.42. The number of aryl methyl sites for hydroxylation is 2. The summed E-state index contributed by atoms with van der Waals surface area (Å²) in [6.45, 7) is 12.9. The summed E-state index contributed by atoms with van der Waals surface area (Å²) in [5.41, 5.74) is 5.13. The van der Waals surface area contributed by atoms with E-state index in [1.165, 1.54) is 13.2 Å². The Labute approximate surface area is 276 Å². The van der Waals surface area contributed by atoms with Gasteiger partial charge in [0, 0.05) is 13.0 Å². The highest BCUT2D eigenvalue weighted by atomic mass is 16.6. The Kier molecular flexibility index (Phi) is 10.7. The van der Waals surface area contributed by atoms with E-state index in [-0.39, 0.29) is 30.2 Å². The first-order valence-electron chi connectivity index (χ1n) is 15.5. The number of carboxylic acids is 1. The van der Waals surface area contributed by atoms with Crippen molar-refractivity contribution in [1.29, 1.82) is 0 Å². The van der Waals surface area contributed by atoms with Crippen LogP contribution in [-0.2, 0) is 22.5 Å². The van der Waals surface area contributed by atoms with Crippen LogP contribution in [0.1, 0.15) is 77.7 Å². The number of hydrogen-bond acceptors (Lipinski definition) is 6. The molecule has 0 saturated carbocycles. The number of aromatic amines is 1. The van der Waals surface area contributed by atoms with E-state index >= 15 is 0 Å². The van der Waals surface area contributed by atoms with Gasteiger partial charge in [-0.3, -0.25) is 4.79 Å². The van der Waals surface area contributed by atoms with E-state index in [1.807, 2.05) is 69.3 Å². The molecular weight excluding hydrogens is 596 g/mol. The molecule has 2 atom stereocenters. The zero-order valence-corrected chi connectivity index (χ0v) is 28.3. The number of alkyl carbamates (subject to hydrolysis) is 1. The number of carbonyl (C=O) groups is 3. The maximum Gasteiger partial charge on any atom is 0.408 e. The van der Waals surface area contributed by atoms with Gasteiger partial charge in [0.25, 0.3) is 0 Å². The highest BCUT2D eigenvalue weighted by molar-refractivity contribution is 5.92. The van der Waals surface area contributed by atoms with E-state index in [0.29, 0.717) is 17.0 Å². The van der Waals surface area contributed by atoms with Gasteiger partial charge < -0.3 is 29.8 Å². The molecule has 3 N–H and O–H groups in total. The molecule has 0 aliphatic carbocycles. The Morgan fingerprint density at radius 3 is 2.34 bits per heavy atom. The first kappa shape index (κ1) is 34.7. The molecule has 0 bridgehead atoms. The fraction of sp³-hybridized carbons (Fsp3) is 0.351. The van der Waals surface area contributed by atoms with Gasteiger partial charge in [-0.1, -0.05) is 54.6 Å². The smallest absolute Gasteiger partial charge is 0.408 e. The van der Waals surface area contributed by atoms with Crippen LogP contribution in [0.2, 0.25) is 0 Å². The maximum atomic E-state index is 14.7. The highest BCUT2D eigenvalue weighted by Gasteiger charge is 2.33. The van der Waals surface area contributed by atoms with Crippen molar-refractivity contribution in [1.82, 2.24) is 20.2 Å². The van der Waals surface area contributed by atoms with Crippen LogP contribution in [0, 0.1) is 20.8 Å². The zero-order chi connectivity index (χ0) is 34.5. The molecule has 0 fully saturated rings. The third-order valence-corrected chi connectivity index (χ3v) is 8.08. The molecule has 0 aliphatic heterocycles. The van der Waals surface area contributed by atoms with Gasteiger partial charge in [-0.25, -0.2) is 14.6 Å². The second-order valence-electron chi connectivity index (χ2n) is 12.8. The summed E-state index contributed by atoms with van der Waals surface area (Å²) in [4.78, 5) is 49.6. The minimum absolute atomic E-state index is 0.00858. The van der Waals surface area contributed by atoms with E-state index in [9.17, 15) is 19.5 Å². The van der Waals surface area contributed by atoms with Crippen LogP contribution < -0.4 is 10.1 Å². The predicted octanol–water partition coefficient (Wildman–Crippen LogP) is 6.93. The van der Waals surface area contributed by atoms with E-state index in [0.717, 1.165) is 27.9 Å². The Bertz CT molecular complexity index is 1740. The third kappa shape index (κ3) is 8.58. The number of H-pyrrole nitrogens is 1. The number of benzene rings is 3. The molecule has 10 nitrogen and oxygen atoms in total. The summed E-state index contributed by atoms with van der Waals surface area (Å²) in [6, 6.07) is 17.3. The van der Waals surface area contributed by atoms with Crippen LogP contribution in [0.5, 0.6) is 5.75 Å². The summed E-state index contributed by atoms with van der Waals surface area (Å²) in [5, 5.41) is 12.8. The zero-order valence-electron chi connectivity index (χ0n) is 28.3. The number of rotatable bonds is 11. The van der Waals surface area contributed by atoms with Crippen LogP contribution >= 0.6 is 0 Å². The number of aromatic carboxylic acids is 1. The second kappa shape index (κ2) is 14.5. The number of ether oxygens (including phenoxy) is 2. The molecule has 0 spiro atoms. The molecule has 0 radical (unpaired) electrons. The van der Waals surface area contributed by atoms with Gasteiger partial charge in [0.05, 0.1) is 25.0 Å². The quantitative estimate of drug-likeness (QED) is 0.162. The number of amides is 2. The molecule has 1 aromatic heterocycles. The Balaban J connectivity index is 1.80. The fourth-order valence-electron chi connectivity index (χ4n) is 5.54. The third-order valence-electron chi connectivity index (χ3n) is 8.08. The number of carboxylic acid groups (broad SMARTS) is 1. The molecule has 3 aromatic carbocycles. The van der Waals surface area contributed by atoms with E-state index in [2.05, 4.69) is 15.3 Å². The van der Waals surface area contributed by atoms with Crippen LogP contribution in [-0.4, -0.2) is 56.7 Å². The minimum Gasteiger partial charge on any atom is -0.496 e. The lowest BCUT2D eigenvalue weighted by Gasteiger charge is -2.33. The van der Waals surface area contributed by atoms with Gasteiger partial charge in [-0.05, 0) is 87.9 Å². The number of nitrogens with zero attached hydrogens (tertiary/aromatic N) is 2. The van der Waals surface area contributed by atoms with Gasteiger partial charge in [-0.2, -0.15) is 0 Å². The van der Waals surface area contributed by atoms with Crippen molar-refractivity contribution in [2.24, 2.45) is 0 Å². The number of imidazole rings is 1. The summed E-state index contributed by atoms with van der Waals surface area (Å²) < 4.78 is 10.9. The molecule has 2 amide bonds. The van der Waals surface area contributed by atoms with Crippen LogP contribution in [0.15, 0.2) is 66.9 Å². The van der Waals surface area contributed by atoms with Crippen molar-refractivity contribution >= 4 is 18.0 Å². The van der Waals surface area contributed by atoms with Crippen molar-refractivity contribution in [2.45, 2.75) is 79.1 Å². The normalized spacial score (nSPS) is 12.6. The van der Waals surface area contributed by atoms with Crippen molar-refractivity contribution < 1.29 is 29.0 Å².